The molecule has 5 nitrogen and oxygen atoms in total. The number of ketones is 1. The number of benzene rings is 3. The molecule has 1 unspecified atom stereocenters. The largest absolute Gasteiger partial charge is 0.480 e. The van der Waals surface area contributed by atoms with Crippen molar-refractivity contribution in [1.29, 1.82) is 5.26 Å². The molecule has 1 atom stereocenters. The molecule has 0 fully saturated rings. The second-order valence-corrected chi connectivity index (χ2v) is 9.29. The number of carboxylic acids is 1. The smallest absolute Gasteiger partial charge is 0.321 e. The van der Waals surface area contributed by atoms with Crippen LogP contribution in [0.25, 0.3) is 37.9 Å². The minimum Gasteiger partial charge on any atom is -0.480 e. The molecule has 0 aliphatic heterocycles. The molecule has 0 amide bonds. The first-order valence-electron chi connectivity index (χ1n) is 10.8. The Balaban J connectivity index is 1.58. The fourth-order valence-corrected chi connectivity index (χ4v) is 5.63. The van der Waals surface area contributed by atoms with Crippen LogP contribution in [0, 0.1) is 17.2 Å². The van der Waals surface area contributed by atoms with E-state index in [0.29, 0.717) is 10.4 Å². The molecule has 6 heteroatoms. The second kappa shape index (κ2) is 8.62. The lowest BCUT2D eigenvalue weighted by Crippen LogP contribution is -2.13. The molecular formula is C28H20N2O3S. The number of fused-ring (bicyclic) bond motifs is 3. The van der Waals surface area contributed by atoms with Gasteiger partial charge in [-0.3, -0.25) is 9.59 Å². The molecule has 0 aliphatic carbocycles. The van der Waals surface area contributed by atoms with E-state index in [2.05, 4.69) is 28.8 Å². The van der Waals surface area contributed by atoms with Crippen LogP contribution in [0.1, 0.15) is 22.2 Å². The van der Waals surface area contributed by atoms with Gasteiger partial charge in [-0.05, 0) is 42.8 Å². The van der Waals surface area contributed by atoms with Crippen LogP contribution in [-0.4, -0.2) is 21.4 Å². The van der Waals surface area contributed by atoms with E-state index in [0.717, 1.165) is 27.2 Å². The average Bonchev–Trinajstić information content (AvgIpc) is 3.42. The minimum absolute atomic E-state index is 0.0796. The number of para-hydroxylation sites is 2. The summed E-state index contributed by atoms with van der Waals surface area (Å²) >= 11 is 1.37. The highest BCUT2D eigenvalue weighted by Crippen LogP contribution is 2.36. The Bertz CT molecular complexity index is 1550. The predicted molar refractivity (Wildman–Crippen MR) is 135 cm³/mol. The highest BCUT2D eigenvalue weighted by molar-refractivity contribution is 7.16. The van der Waals surface area contributed by atoms with Crippen molar-refractivity contribution in [2.45, 2.75) is 13.3 Å². The first-order valence-corrected chi connectivity index (χ1v) is 11.6. The molecule has 0 aliphatic rings. The van der Waals surface area contributed by atoms with Crippen molar-refractivity contribution in [2.75, 3.05) is 0 Å². The van der Waals surface area contributed by atoms with Crippen LogP contribution in [-0.2, 0) is 11.2 Å². The first-order chi connectivity index (χ1) is 16.5. The van der Waals surface area contributed by atoms with Gasteiger partial charge in [0.05, 0.1) is 17.1 Å². The van der Waals surface area contributed by atoms with Crippen molar-refractivity contribution in [3.63, 3.8) is 0 Å². The number of hydrogen-bond donors (Lipinski definition) is 1. The summed E-state index contributed by atoms with van der Waals surface area (Å²) in [5.74, 6) is -2.38. The van der Waals surface area contributed by atoms with Crippen LogP contribution in [0.3, 0.4) is 0 Å². The third-order valence-corrected chi connectivity index (χ3v) is 7.20. The summed E-state index contributed by atoms with van der Waals surface area (Å²) in [6.45, 7) is 1.50. The van der Waals surface area contributed by atoms with E-state index >= 15 is 0 Å². The van der Waals surface area contributed by atoms with Crippen LogP contribution >= 0.6 is 11.3 Å². The number of thiophene rings is 1. The lowest BCUT2D eigenvalue weighted by atomic mass is 10.0. The highest BCUT2D eigenvalue weighted by Gasteiger charge is 2.21. The third-order valence-electron chi connectivity index (χ3n) is 5.99. The highest BCUT2D eigenvalue weighted by atomic mass is 32.1. The lowest BCUT2D eigenvalue weighted by Gasteiger charge is -2.09. The van der Waals surface area contributed by atoms with Crippen molar-refractivity contribution in [2.24, 2.45) is 5.92 Å². The van der Waals surface area contributed by atoms with Crippen LogP contribution < -0.4 is 0 Å². The molecule has 0 saturated heterocycles. The van der Waals surface area contributed by atoms with E-state index in [4.69, 9.17) is 5.26 Å². The number of carbonyl (C=O) groups is 2. The van der Waals surface area contributed by atoms with Crippen LogP contribution in [0.15, 0.2) is 78.9 Å². The predicted octanol–water partition coefficient (Wildman–Crippen LogP) is 6.48. The van der Waals surface area contributed by atoms with Gasteiger partial charge < -0.3 is 9.67 Å². The van der Waals surface area contributed by atoms with E-state index in [1.165, 1.54) is 29.0 Å². The van der Waals surface area contributed by atoms with Gasteiger partial charge in [0, 0.05) is 38.2 Å². The summed E-state index contributed by atoms with van der Waals surface area (Å²) < 4.78 is 2.23. The molecule has 2 aromatic heterocycles. The second-order valence-electron chi connectivity index (χ2n) is 8.15. The average molecular weight is 465 g/mol. The van der Waals surface area contributed by atoms with E-state index in [1.807, 2.05) is 54.6 Å². The molecular weight excluding hydrogens is 444 g/mol. The van der Waals surface area contributed by atoms with E-state index in [1.54, 1.807) is 6.07 Å². The molecule has 5 rings (SSSR count). The standard InChI is InChI=1S/C28H20N2O3S/c1-17(31)24-15-21(14-19(16-29)28(32)33)34-27(24)18-10-12-20(13-11-18)30-25-8-4-2-6-22(25)23-7-3-5-9-26(23)30/h2-13,15,19H,14H2,1H3,(H,32,33). The number of nitrogens with zero attached hydrogens (tertiary/aromatic N) is 2. The Hall–Kier alpha value is -4.21. The summed E-state index contributed by atoms with van der Waals surface area (Å²) in [5, 5.41) is 20.7. The first kappa shape index (κ1) is 21.6. The molecule has 0 spiro atoms. The summed E-state index contributed by atoms with van der Waals surface area (Å²) in [5.41, 5.74) is 4.69. The fraction of sp³-hybridized carbons (Fsp3) is 0.107. The number of aromatic nitrogens is 1. The maximum Gasteiger partial charge on any atom is 0.321 e. The molecule has 166 valence electrons. The zero-order chi connectivity index (χ0) is 23.8. The van der Waals surface area contributed by atoms with Gasteiger partial charge in [0.2, 0.25) is 0 Å². The number of hydrogen-bond acceptors (Lipinski definition) is 4. The maximum atomic E-state index is 12.3. The van der Waals surface area contributed by atoms with E-state index in [9.17, 15) is 14.7 Å². The van der Waals surface area contributed by atoms with Crippen LogP contribution in [0.4, 0.5) is 0 Å². The number of rotatable bonds is 6. The molecule has 0 saturated carbocycles. The minimum atomic E-state index is -1.16. The molecule has 5 aromatic rings. The lowest BCUT2D eigenvalue weighted by molar-refractivity contribution is -0.139. The van der Waals surface area contributed by atoms with Gasteiger partial charge in [-0.1, -0.05) is 48.5 Å². The molecule has 34 heavy (non-hydrogen) atoms. The third kappa shape index (κ3) is 3.66. The molecule has 2 heterocycles. The van der Waals surface area contributed by atoms with Crippen molar-refractivity contribution in [1.82, 2.24) is 4.57 Å². The topological polar surface area (TPSA) is 83.1 Å². The van der Waals surface area contributed by atoms with Gasteiger partial charge in [-0.15, -0.1) is 11.3 Å². The SMILES string of the molecule is CC(=O)c1cc(CC(C#N)C(=O)O)sc1-c1ccc(-n2c3ccccc3c3ccccc32)cc1. The summed E-state index contributed by atoms with van der Waals surface area (Å²) in [6, 6.07) is 28.2. The van der Waals surface area contributed by atoms with Gasteiger partial charge in [-0.25, -0.2) is 0 Å². The maximum absolute atomic E-state index is 12.3. The number of Topliss-reactive ketones (excluding diaryl/α,β-unsaturated/α-hetero) is 1. The fourth-order valence-electron chi connectivity index (χ4n) is 4.37. The zero-order valence-corrected chi connectivity index (χ0v) is 19.2. The summed E-state index contributed by atoms with van der Waals surface area (Å²) in [7, 11) is 0. The Morgan fingerprint density at radius 3 is 2.09 bits per heavy atom. The molecule has 0 radical (unpaired) electrons. The van der Waals surface area contributed by atoms with E-state index in [-0.39, 0.29) is 12.2 Å². The Kier molecular flexibility index (Phi) is 5.48. The van der Waals surface area contributed by atoms with Crippen molar-refractivity contribution >= 4 is 44.9 Å². The van der Waals surface area contributed by atoms with Crippen molar-refractivity contribution < 1.29 is 14.7 Å². The number of carbonyl (C=O) groups excluding carboxylic acids is 1. The number of carboxylic acid groups (broad SMARTS) is 1. The van der Waals surface area contributed by atoms with Crippen molar-refractivity contribution in [3.8, 4) is 22.2 Å². The Labute approximate surface area is 200 Å². The Morgan fingerprint density at radius 1 is 0.971 bits per heavy atom. The summed E-state index contributed by atoms with van der Waals surface area (Å²) in [4.78, 5) is 25.1. The summed E-state index contributed by atoms with van der Waals surface area (Å²) in [6.07, 6.45) is 0.0796. The molecule has 3 aromatic carbocycles. The van der Waals surface area contributed by atoms with Gasteiger partial charge in [0.15, 0.2) is 5.78 Å². The van der Waals surface area contributed by atoms with Crippen LogP contribution in [0.2, 0.25) is 0 Å². The molecule has 1 N–H and O–H groups in total. The normalized spacial score (nSPS) is 12.0. The van der Waals surface area contributed by atoms with Gasteiger partial charge in [0.1, 0.15) is 5.92 Å². The number of nitriles is 1. The van der Waals surface area contributed by atoms with Crippen molar-refractivity contribution in [3.05, 3.63) is 89.3 Å². The van der Waals surface area contributed by atoms with E-state index < -0.39 is 11.9 Å². The molecule has 0 bridgehead atoms. The zero-order valence-electron chi connectivity index (χ0n) is 18.4. The van der Waals surface area contributed by atoms with Crippen LogP contribution in [0.5, 0.6) is 0 Å². The number of aliphatic carboxylic acids is 1. The van der Waals surface area contributed by atoms with Gasteiger partial charge >= 0.3 is 5.97 Å². The van der Waals surface area contributed by atoms with Gasteiger partial charge in [-0.2, -0.15) is 5.26 Å². The Morgan fingerprint density at radius 2 is 1.56 bits per heavy atom. The van der Waals surface area contributed by atoms with Gasteiger partial charge in [0.25, 0.3) is 0 Å². The quantitative estimate of drug-likeness (QED) is 0.292. The monoisotopic (exact) mass is 464 g/mol.